The van der Waals surface area contributed by atoms with Gasteiger partial charge in [0, 0.05) is 17.7 Å². The molecule has 20 heavy (non-hydrogen) atoms. The molecule has 0 aliphatic heterocycles. The second-order valence-electron chi connectivity index (χ2n) is 6.45. The fourth-order valence-electron chi connectivity index (χ4n) is 4.05. The molecule has 0 aromatic heterocycles. The number of fused-ring (bicyclic) bond motifs is 2. The summed E-state index contributed by atoms with van der Waals surface area (Å²) >= 11 is 0. The third-order valence-corrected chi connectivity index (χ3v) is 5.24. The number of hydrogen-bond acceptors (Lipinski definition) is 2. The Hall–Kier alpha value is -1.09. The summed E-state index contributed by atoms with van der Waals surface area (Å²) in [5.41, 5.74) is 0.731. The molecular weight excluding hydrogens is 253 g/mol. The molecule has 2 aliphatic rings. The summed E-state index contributed by atoms with van der Waals surface area (Å²) in [5.74, 6) is 3.08. The first-order valence-corrected chi connectivity index (χ1v) is 7.74. The third kappa shape index (κ3) is 2.69. The van der Waals surface area contributed by atoms with E-state index in [0.29, 0.717) is 5.75 Å². The zero-order valence-corrected chi connectivity index (χ0v) is 12.4. The fraction of sp³-hybridized carbons (Fsp3) is 0.647. The number of rotatable bonds is 5. The van der Waals surface area contributed by atoms with Crippen molar-refractivity contribution in [3.63, 3.8) is 0 Å². The van der Waals surface area contributed by atoms with Gasteiger partial charge >= 0.3 is 0 Å². The lowest BCUT2D eigenvalue weighted by Gasteiger charge is -2.24. The van der Waals surface area contributed by atoms with Gasteiger partial charge in [0.2, 0.25) is 0 Å². The van der Waals surface area contributed by atoms with Gasteiger partial charge in [-0.1, -0.05) is 12.5 Å². The van der Waals surface area contributed by atoms with Gasteiger partial charge in [0.15, 0.2) is 0 Å². The zero-order chi connectivity index (χ0) is 14.1. The highest BCUT2D eigenvalue weighted by Gasteiger charge is 2.39. The molecule has 1 aromatic rings. The van der Waals surface area contributed by atoms with E-state index in [-0.39, 0.29) is 11.9 Å². The quantitative estimate of drug-likeness (QED) is 0.880. The second-order valence-corrected chi connectivity index (χ2v) is 6.45. The Balaban J connectivity index is 1.57. The highest BCUT2D eigenvalue weighted by Crippen LogP contribution is 2.48. The molecule has 0 heterocycles. The van der Waals surface area contributed by atoms with Gasteiger partial charge in [-0.2, -0.15) is 0 Å². The maximum atomic E-state index is 14.0. The number of halogens is 1. The van der Waals surface area contributed by atoms with Crippen molar-refractivity contribution in [2.75, 3.05) is 13.7 Å². The van der Waals surface area contributed by atoms with E-state index in [1.54, 1.807) is 7.11 Å². The van der Waals surface area contributed by atoms with Crippen LogP contribution < -0.4 is 10.1 Å². The summed E-state index contributed by atoms with van der Waals surface area (Å²) in [6.45, 7) is 3.06. The van der Waals surface area contributed by atoms with Gasteiger partial charge < -0.3 is 10.1 Å². The van der Waals surface area contributed by atoms with Gasteiger partial charge in [-0.3, -0.25) is 0 Å². The van der Waals surface area contributed by atoms with Crippen LogP contribution in [-0.4, -0.2) is 13.7 Å². The van der Waals surface area contributed by atoms with Crippen molar-refractivity contribution in [2.24, 2.45) is 17.8 Å². The topological polar surface area (TPSA) is 21.3 Å². The van der Waals surface area contributed by atoms with Crippen LogP contribution >= 0.6 is 0 Å². The molecule has 2 bridgehead atoms. The first-order chi connectivity index (χ1) is 9.67. The molecule has 0 spiro atoms. The SMILES string of the molecule is COc1ccc(C(C)NCC2CC3CCC2C3)c(F)c1. The summed E-state index contributed by atoms with van der Waals surface area (Å²) in [7, 11) is 1.56. The minimum absolute atomic E-state index is 0.0556. The lowest BCUT2D eigenvalue weighted by molar-refractivity contribution is 0.308. The van der Waals surface area contributed by atoms with Crippen LogP contribution in [0.4, 0.5) is 4.39 Å². The van der Waals surface area contributed by atoms with Crippen LogP contribution in [0.1, 0.15) is 44.2 Å². The normalized spacial score (nSPS) is 29.6. The van der Waals surface area contributed by atoms with Crippen LogP contribution in [-0.2, 0) is 0 Å². The van der Waals surface area contributed by atoms with Crippen LogP contribution in [0, 0.1) is 23.6 Å². The number of hydrogen-bond donors (Lipinski definition) is 1. The molecule has 0 radical (unpaired) electrons. The minimum Gasteiger partial charge on any atom is -0.497 e. The van der Waals surface area contributed by atoms with Crippen LogP contribution in [0.5, 0.6) is 5.75 Å². The lowest BCUT2D eigenvalue weighted by Crippen LogP contribution is -2.29. The second kappa shape index (κ2) is 5.72. The molecular formula is C17H24FNO. The number of nitrogens with one attached hydrogen (secondary N) is 1. The Labute approximate surface area is 120 Å². The van der Waals surface area contributed by atoms with Crippen molar-refractivity contribution in [3.05, 3.63) is 29.6 Å². The van der Waals surface area contributed by atoms with E-state index in [1.807, 2.05) is 19.1 Å². The maximum Gasteiger partial charge on any atom is 0.131 e. The molecule has 1 N–H and O–H groups in total. The van der Waals surface area contributed by atoms with Gasteiger partial charge in [0.25, 0.3) is 0 Å². The van der Waals surface area contributed by atoms with Crippen molar-refractivity contribution in [2.45, 2.75) is 38.6 Å². The predicted molar refractivity (Wildman–Crippen MR) is 78.3 cm³/mol. The van der Waals surface area contributed by atoms with Crippen molar-refractivity contribution in [1.29, 1.82) is 0 Å². The molecule has 1 aromatic carbocycles. The number of methoxy groups -OCH3 is 1. The molecule has 110 valence electrons. The van der Waals surface area contributed by atoms with Crippen LogP contribution in [0.2, 0.25) is 0 Å². The van der Waals surface area contributed by atoms with Crippen molar-refractivity contribution < 1.29 is 9.13 Å². The largest absolute Gasteiger partial charge is 0.497 e. The maximum absolute atomic E-state index is 14.0. The summed E-state index contributed by atoms with van der Waals surface area (Å²) in [6, 6.07) is 5.17. The van der Waals surface area contributed by atoms with E-state index in [2.05, 4.69) is 5.32 Å². The standard InChI is InChI=1S/C17H24FNO/c1-11(16-6-5-15(20-2)9-17(16)18)19-10-14-8-12-3-4-13(14)7-12/h5-6,9,11-14,19H,3-4,7-8,10H2,1-2H3. The van der Waals surface area contributed by atoms with Crippen molar-refractivity contribution in [3.8, 4) is 5.75 Å². The Morgan fingerprint density at radius 2 is 2.20 bits per heavy atom. The molecule has 3 heteroatoms. The summed E-state index contributed by atoms with van der Waals surface area (Å²) < 4.78 is 19.1. The van der Waals surface area contributed by atoms with Crippen LogP contribution in [0.3, 0.4) is 0 Å². The van der Waals surface area contributed by atoms with E-state index in [4.69, 9.17) is 4.74 Å². The highest BCUT2D eigenvalue weighted by molar-refractivity contribution is 5.30. The fourth-order valence-corrected chi connectivity index (χ4v) is 4.05. The average molecular weight is 277 g/mol. The Kier molecular flexibility index (Phi) is 3.97. The summed E-state index contributed by atoms with van der Waals surface area (Å²) in [6.07, 6.45) is 5.64. The lowest BCUT2D eigenvalue weighted by atomic mass is 9.88. The monoisotopic (exact) mass is 277 g/mol. The van der Waals surface area contributed by atoms with E-state index >= 15 is 0 Å². The number of ether oxygens (including phenoxy) is 1. The molecule has 2 nitrogen and oxygen atoms in total. The first-order valence-electron chi connectivity index (χ1n) is 7.74. The van der Waals surface area contributed by atoms with E-state index < -0.39 is 0 Å². The highest BCUT2D eigenvalue weighted by atomic mass is 19.1. The first kappa shape index (κ1) is 13.9. The summed E-state index contributed by atoms with van der Waals surface area (Å²) in [4.78, 5) is 0. The van der Waals surface area contributed by atoms with E-state index in [1.165, 1.54) is 31.7 Å². The zero-order valence-electron chi connectivity index (χ0n) is 12.4. The molecule has 2 aliphatic carbocycles. The van der Waals surface area contributed by atoms with Crippen molar-refractivity contribution in [1.82, 2.24) is 5.32 Å². The minimum atomic E-state index is -0.183. The number of benzene rings is 1. The van der Waals surface area contributed by atoms with Gasteiger partial charge in [-0.05, 0) is 56.6 Å². The van der Waals surface area contributed by atoms with Crippen LogP contribution in [0.15, 0.2) is 18.2 Å². The van der Waals surface area contributed by atoms with Gasteiger partial charge in [-0.15, -0.1) is 0 Å². The molecule has 2 saturated carbocycles. The van der Waals surface area contributed by atoms with Gasteiger partial charge in [0.1, 0.15) is 11.6 Å². The Bertz CT molecular complexity index is 476. The Morgan fingerprint density at radius 1 is 1.35 bits per heavy atom. The molecule has 4 atom stereocenters. The molecule has 4 unspecified atom stereocenters. The smallest absolute Gasteiger partial charge is 0.131 e. The predicted octanol–water partition coefficient (Wildman–Crippen LogP) is 3.92. The molecule has 3 rings (SSSR count). The average Bonchev–Trinajstić information content (AvgIpc) is 3.07. The molecule has 0 saturated heterocycles. The summed E-state index contributed by atoms with van der Waals surface area (Å²) in [5, 5.41) is 3.52. The van der Waals surface area contributed by atoms with Crippen LogP contribution in [0.25, 0.3) is 0 Å². The van der Waals surface area contributed by atoms with Gasteiger partial charge in [0.05, 0.1) is 7.11 Å². The van der Waals surface area contributed by atoms with Gasteiger partial charge in [-0.25, -0.2) is 4.39 Å². The van der Waals surface area contributed by atoms with Crippen molar-refractivity contribution >= 4 is 0 Å². The molecule has 2 fully saturated rings. The van der Waals surface area contributed by atoms with E-state index in [0.717, 1.165) is 29.9 Å². The Morgan fingerprint density at radius 3 is 2.80 bits per heavy atom. The third-order valence-electron chi connectivity index (χ3n) is 5.24. The molecule has 0 amide bonds. The van der Waals surface area contributed by atoms with E-state index in [9.17, 15) is 4.39 Å².